The summed E-state index contributed by atoms with van der Waals surface area (Å²) in [6.45, 7) is 7.27. The van der Waals surface area contributed by atoms with Gasteiger partial charge < -0.3 is 4.74 Å². The molecule has 0 aliphatic heterocycles. The lowest BCUT2D eigenvalue weighted by Crippen LogP contribution is -2.30. The van der Waals surface area contributed by atoms with Gasteiger partial charge >= 0.3 is 6.18 Å². The Morgan fingerprint density at radius 1 is 1.21 bits per heavy atom. The predicted molar refractivity (Wildman–Crippen MR) is 129 cm³/mol. The maximum Gasteiger partial charge on any atom is 0.416 e. The fourth-order valence-corrected chi connectivity index (χ4v) is 4.46. The lowest BCUT2D eigenvalue weighted by Gasteiger charge is -2.27. The Balaban J connectivity index is 2.04. The molecule has 1 aromatic carbocycles. The van der Waals surface area contributed by atoms with E-state index in [1.807, 2.05) is 28.7 Å². The van der Waals surface area contributed by atoms with Crippen molar-refractivity contribution in [3.05, 3.63) is 46.6 Å². The number of halogens is 3. The number of amides is 1. The highest BCUT2D eigenvalue weighted by atomic mass is 32.2. The van der Waals surface area contributed by atoms with Crippen LogP contribution in [0.5, 0.6) is 5.75 Å². The second kappa shape index (κ2) is 10.6. The van der Waals surface area contributed by atoms with Gasteiger partial charge in [0.25, 0.3) is 5.91 Å². The minimum Gasteiger partial charge on any atom is -0.493 e. The molecule has 2 aromatic rings. The zero-order valence-electron chi connectivity index (χ0n) is 20.5. The van der Waals surface area contributed by atoms with E-state index in [4.69, 9.17) is 4.74 Å². The van der Waals surface area contributed by atoms with Gasteiger partial charge in [0.05, 0.1) is 17.7 Å². The number of nitrogens with zero attached hydrogens (tertiary/aromatic N) is 3. The summed E-state index contributed by atoms with van der Waals surface area (Å²) in [5.41, 5.74) is 0.198. The van der Waals surface area contributed by atoms with Crippen molar-refractivity contribution >= 4 is 17.7 Å². The molecule has 0 N–H and O–H groups in total. The fraction of sp³-hybridized carbons (Fsp3) is 0.600. The zero-order valence-corrected chi connectivity index (χ0v) is 21.4. The number of rotatable bonds is 8. The summed E-state index contributed by atoms with van der Waals surface area (Å²) in [7, 11) is 1.94. The summed E-state index contributed by atoms with van der Waals surface area (Å²) in [4.78, 5) is 17.6. The summed E-state index contributed by atoms with van der Waals surface area (Å²) in [6.07, 6.45) is 1.56. The van der Waals surface area contributed by atoms with Gasteiger partial charge in [-0.05, 0) is 55.4 Å². The highest BCUT2D eigenvalue weighted by molar-refractivity contribution is 7.98. The van der Waals surface area contributed by atoms with E-state index in [0.717, 1.165) is 49.4 Å². The van der Waals surface area contributed by atoms with Gasteiger partial charge in [-0.15, -0.1) is 0 Å². The minimum atomic E-state index is -4.57. The van der Waals surface area contributed by atoms with Crippen LogP contribution in [0.4, 0.5) is 13.2 Å². The molecule has 0 unspecified atom stereocenters. The highest BCUT2D eigenvalue weighted by Crippen LogP contribution is 2.33. The number of carbonyl (C=O) groups is 1. The number of hydrogen-bond donors (Lipinski definition) is 0. The van der Waals surface area contributed by atoms with Gasteiger partial charge in [0.2, 0.25) is 0 Å². The highest BCUT2D eigenvalue weighted by Gasteiger charge is 2.32. The van der Waals surface area contributed by atoms with E-state index in [1.54, 1.807) is 11.8 Å². The fourth-order valence-electron chi connectivity index (χ4n) is 4.05. The first-order valence-corrected chi connectivity index (χ1v) is 13.0. The topological polar surface area (TPSA) is 48.5 Å². The summed E-state index contributed by atoms with van der Waals surface area (Å²) in [5, 5.41) is 0. The molecule has 0 radical (unpaired) electrons. The molecule has 0 spiro atoms. The van der Waals surface area contributed by atoms with E-state index >= 15 is 0 Å². The van der Waals surface area contributed by atoms with Crippen LogP contribution in [-0.2, 0) is 25.2 Å². The standard InChI is InChI=1S/C25H34F3N3O2S/c1-24(2,3)21-15-22(31(30(21)4)16-17-8-6-9-17)29-23(32)19-14-18(25(26,27)28)10-11-20(19)33-12-7-13-34-5/h10-11,14-15,17H,6-9,12-13,16H2,1-5H3. The molecule has 0 bridgehead atoms. The monoisotopic (exact) mass is 497 g/mol. The van der Waals surface area contributed by atoms with Crippen molar-refractivity contribution in [3.63, 3.8) is 0 Å². The van der Waals surface area contributed by atoms with E-state index in [2.05, 4.69) is 25.8 Å². The lowest BCUT2D eigenvalue weighted by molar-refractivity contribution is -0.137. The first-order valence-electron chi connectivity index (χ1n) is 11.6. The van der Waals surface area contributed by atoms with Crippen molar-refractivity contribution in [3.8, 4) is 5.75 Å². The number of alkyl halides is 3. The Bertz CT molecular complexity index is 1080. The summed E-state index contributed by atoms with van der Waals surface area (Å²) in [5.74, 6) is 0.758. The molecule has 0 atom stereocenters. The molecule has 1 heterocycles. The third-order valence-corrected chi connectivity index (χ3v) is 6.87. The van der Waals surface area contributed by atoms with Crippen LogP contribution in [0, 0.1) is 5.92 Å². The first-order chi connectivity index (χ1) is 15.9. The number of thioether (sulfide) groups is 1. The minimum absolute atomic E-state index is 0.125. The van der Waals surface area contributed by atoms with Crippen molar-refractivity contribution in [1.29, 1.82) is 0 Å². The lowest BCUT2D eigenvalue weighted by atomic mass is 9.85. The van der Waals surface area contributed by atoms with Gasteiger partial charge in [-0.1, -0.05) is 27.2 Å². The maximum absolute atomic E-state index is 13.4. The van der Waals surface area contributed by atoms with Crippen molar-refractivity contribution in [2.24, 2.45) is 18.0 Å². The van der Waals surface area contributed by atoms with Gasteiger partial charge in [-0.2, -0.15) is 29.9 Å². The first kappa shape index (κ1) is 26.4. The SMILES string of the molecule is CSCCCOc1ccc(C(F)(F)F)cc1C(=O)N=c1cc(C(C)(C)C)n(C)n1CC1CCC1. The number of benzene rings is 1. The zero-order chi connectivity index (χ0) is 25.1. The molecule has 5 nitrogen and oxygen atoms in total. The van der Waals surface area contributed by atoms with Crippen LogP contribution in [0.2, 0.25) is 0 Å². The molecule has 0 saturated heterocycles. The average Bonchev–Trinajstić information content (AvgIpc) is 3.02. The number of carbonyl (C=O) groups excluding carboxylic acids is 1. The van der Waals surface area contributed by atoms with Gasteiger partial charge in [0, 0.05) is 30.8 Å². The molecular formula is C25H34F3N3O2S. The molecule has 1 aliphatic carbocycles. The van der Waals surface area contributed by atoms with Crippen molar-refractivity contribution in [2.45, 2.75) is 64.6 Å². The maximum atomic E-state index is 13.4. The molecule has 34 heavy (non-hydrogen) atoms. The Morgan fingerprint density at radius 3 is 2.47 bits per heavy atom. The number of hydrogen-bond acceptors (Lipinski definition) is 3. The second-order valence-corrected chi connectivity index (χ2v) is 10.8. The van der Waals surface area contributed by atoms with Crippen molar-refractivity contribution in [1.82, 2.24) is 9.36 Å². The van der Waals surface area contributed by atoms with Crippen LogP contribution in [0.15, 0.2) is 29.3 Å². The quantitative estimate of drug-likeness (QED) is 0.432. The molecule has 3 rings (SSSR count). The van der Waals surface area contributed by atoms with Crippen LogP contribution in [-0.4, -0.2) is 33.9 Å². The molecule has 1 aromatic heterocycles. The van der Waals surface area contributed by atoms with E-state index in [1.165, 1.54) is 12.5 Å². The molecule has 188 valence electrons. The largest absolute Gasteiger partial charge is 0.493 e. The van der Waals surface area contributed by atoms with Gasteiger partial charge in [-0.25, -0.2) is 0 Å². The number of ether oxygens (including phenoxy) is 1. The van der Waals surface area contributed by atoms with Gasteiger partial charge in [-0.3, -0.25) is 14.2 Å². The molecule has 1 aliphatic rings. The van der Waals surface area contributed by atoms with Crippen LogP contribution in [0.25, 0.3) is 0 Å². The van der Waals surface area contributed by atoms with Crippen LogP contribution < -0.4 is 10.2 Å². The van der Waals surface area contributed by atoms with E-state index < -0.39 is 17.6 Å². The Morgan fingerprint density at radius 2 is 1.91 bits per heavy atom. The summed E-state index contributed by atoms with van der Waals surface area (Å²) >= 11 is 1.65. The summed E-state index contributed by atoms with van der Waals surface area (Å²) in [6, 6.07) is 4.87. The second-order valence-electron chi connectivity index (χ2n) is 9.86. The molecule has 9 heteroatoms. The summed E-state index contributed by atoms with van der Waals surface area (Å²) < 4.78 is 49.8. The molecule has 1 amide bonds. The van der Waals surface area contributed by atoms with E-state index in [9.17, 15) is 18.0 Å². The Kier molecular flexibility index (Phi) is 8.26. The van der Waals surface area contributed by atoms with E-state index in [-0.39, 0.29) is 16.7 Å². The smallest absolute Gasteiger partial charge is 0.416 e. The van der Waals surface area contributed by atoms with Gasteiger partial charge in [0.15, 0.2) is 5.49 Å². The van der Waals surface area contributed by atoms with Crippen molar-refractivity contribution in [2.75, 3.05) is 18.6 Å². The van der Waals surface area contributed by atoms with Gasteiger partial charge in [0.1, 0.15) is 5.75 Å². The van der Waals surface area contributed by atoms with Crippen LogP contribution in [0.1, 0.15) is 68.1 Å². The predicted octanol–water partition coefficient (Wildman–Crippen LogP) is 5.82. The Labute approximate surface area is 203 Å². The average molecular weight is 498 g/mol. The van der Waals surface area contributed by atoms with Crippen LogP contribution in [0.3, 0.4) is 0 Å². The van der Waals surface area contributed by atoms with Crippen molar-refractivity contribution < 1.29 is 22.7 Å². The molecule has 1 saturated carbocycles. The van der Waals surface area contributed by atoms with Crippen LogP contribution >= 0.6 is 11.8 Å². The third-order valence-electron chi connectivity index (χ3n) is 6.17. The molecule has 1 fully saturated rings. The Hall–Kier alpha value is -2.16. The third kappa shape index (κ3) is 6.29. The normalized spacial score (nSPS) is 15.5. The number of aromatic nitrogens is 2. The van der Waals surface area contributed by atoms with E-state index in [0.29, 0.717) is 18.0 Å². The molecular weight excluding hydrogens is 463 g/mol.